The highest BCUT2D eigenvalue weighted by Crippen LogP contribution is 2.20. The molecule has 1 rings (SSSR count). The van der Waals surface area contributed by atoms with Crippen LogP contribution in [0.1, 0.15) is 16.8 Å². The molecular weight excluding hydrogens is 255 g/mol. The van der Waals surface area contributed by atoms with Gasteiger partial charge in [0.1, 0.15) is 22.2 Å². The van der Waals surface area contributed by atoms with Gasteiger partial charge >= 0.3 is 5.97 Å². The molecule has 0 bridgehead atoms. The topological polar surface area (TPSA) is 102 Å². The first-order valence-corrected chi connectivity index (χ1v) is 4.94. The molecule has 0 spiro atoms. The lowest BCUT2D eigenvalue weighted by atomic mass is 10.3. The summed E-state index contributed by atoms with van der Waals surface area (Å²) in [4.78, 5) is 18.7. The van der Waals surface area contributed by atoms with Crippen LogP contribution in [-0.2, 0) is 4.74 Å². The molecule has 1 aromatic rings. The molecule has 0 aliphatic heterocycles. The van der Waals surface area contributed by atoms with E-state index in [0.29, 0.717) is 0 Å². The number of carbonyl (C=O) groups is 1. The average Bonchev–Trinajstić information content (AvgIpc) is 2.16. The van der Waals surface area contributed by atoms with E-state index in [9.17, 15) is 4.79 Å². The van der Waals surface area contributed by atoms with Crippen molar-refractivity contribution in [2.75, 3.05) is 6.61 Å². The Kier molecular flexibility index (Phi) is 4.45. The van der Waals surface area contributed by atoms with E-state index in [-0.39, 0.29) is 34.7 Å². The van der Waals surface area contributed by atoms with Crippen molar-refractivity contribution in [1.29, 1.82) is 5.41 Å². The Bertz CT molecular complexity index is 404. The first-order chi connectivity index (χ1) is 7.52. The Morgan fingerprint density at radius 2 is 2.00 bits per heavy atom. The molecule has 1 heterocycles. The molecule has 1 aromatic heterocycles. The molecule has 8 heteroatoms. The Morgan fingerprint density at radius 3 is 2.50 bits per heavy atom. The number of nitrogens with one attached hydrogen (secondary N) is 1. The van der Waals surface area contributed by atoms with Gasteiger partial charge in [0, 0.05) is 6.42 Å². The molecule has 0 atom stereocenters. The van der Waals surface area contributed by atoms with Crippen molar-refractivity contribution in [2.45, 2.75) is 6.42 Å². The second-order valence-electron chi connectivity index (χ2n) is 2.74. The second kappa shape index (κ2) is 5.62. The normalized spacial score (nSPS) is 9.88. The molecule has 0 amide bonds. The number of aromatic nitrogens is 2. The summed E-state index contributed by atoms with van der Waals surface area (Å²) in [5, 5.41) is 6.79. The van der Waals surface area contributed by atoms with Crippen LogP contribution in [0.4, 0.5) is 0 Å². The van der Waals surface area contributed by atoms with Gasteiger partial charge in [-0.3, -0.25) is 5.41 Å². The summed E-state index contributed by atoms with van der Waals surface area (Å²) in [6, 6.07) is 0. The van der Waals surface area contributed by atoms with E-state index in [1.807, 2.05) is 0 Å². The third-order valence-corrected chi connectivity index (χ3v) is 2.14. The van der Waals surface area contributed by atoms with Crippen LogP contribution < -0.4 is 5.73 Å². The summed E-state index contributed by atoms with van der Waals surface area (Å²) >= 11 is 11.3. The van der Waals surface area contributed by atoms with E-state index in [1.165, 1.54) is 0 Å². The van der Waals surface area contributed by atoms with Gasteiger partial charge in [0.25, 0.3) is 0 Å². The van der Waals surface area contributed by atoms with Gasteiger partial charge in [-0.05, 0) is 0 Å². The Balaban J connectivity index is 2.70. The summed E-state index contributed by atoms with van der Waals surface area (Å²) in [6.45, 7) is -0.0181. The maximum absolute atomic E-state index is 11.5. The number of amidine groups is 1. The minimum atomic E-state index is -0.739. The Morgan fingerprint density at radius 1 is 1.44 bits per heavy atom. The molecular formula is C8H8Cl2N4O2. The monoisotopic (exact) mass is 262 g/mol. The van der Waals surface area contributed by atoms with E-state index < -0.39 is 5.97 Å². The van der Waals surface area contributed by atoms with Crippen LogP contribution in [0.3, 0.4) is 0 Å². The van der Waals surface area contributed by atoms with Gasteiger partial charge in [0.15, 0.2) is 0 Å². The van der Waals surface area contributed by atoms with Gasteiger partial charge in [0.2, 0.25) is 0 Å². The van der Waals surface area contributed by atoms with Crippen molar-refractivity contribution < 1.29 is 9.53 Å². The summed E-state index contributed by atoms with van der Waals surface area (Å²) < 4.78 is 4.79. The molecule has 0 aliphatic rings. The molecule has 0 radical (unpaired) electrons. The number of hydrogen-bond donors (Lipinski definition) is 2. The van der Waals surface area contributed by atoms with E-state index in [1.54, 1.807) is 0 Å². The van der Waals surface area contributed by atoms with Gasteiger partial charge in [0.05, 0.1) is 12.4 Å². The molecule has 86 valence electrons. The van der Waals surface area contributed by atoms with Crippen LogP contribution in [0.2, 0.25) is 10.3 Å². The van der Waals surface area contributed by atoms with Crippen molar-refractivity contribution in [3.8, 4) is 0 Å². The predicted octanol–water partition coefficient (Wildman–Crippen LogP) is 1.27. The molecule has 0 fully saturated rings. The lowest BCUT2D eigenvalue weighted by Gasteiger charge is -2.05. The van der Waals surface area contributed by atoms with Crippen LogP contribution in [-0.4, -0.2) is 28.4 Å². The predicted molar refractivity (Wildman–Crippen MR) is 58.9 cm³/mol. The lowest BCUT2D eigenvalue weighted by molar-refractivity contribution is 0.0515. The minimum Gasteiger partial charge on any atom is -0.461 e. The number of esters is 1. The summed E-state index contributed by atoms with van der Waals surface area (Å²) in [7, 11) is 0. The number of carbonyl (C=O) groups excluding carboxylic acids is 1. The first kappa shape index (κ1) is 12.7. The van der Waals surface area contributed by atoms with Gasteiger partial charge in [-0.1, -0.05) is 23.2 Å². The zero-order valence-electron chi connectivity index (χ0n) is 8.04. The maximum Gasteiger partial charge on any atom is 0.344 e. The van der Waals surface area contributed by atoms with Crippen LogP contribution in [0.25, 0.3) is 0 Å². The second-order valence-corrected chi connectivity index (χ2v) is 3.46. The van der Waals surface area contributed by atoms with Crippen molar-refractivity contribution in [3.05, 3.63) is 22.2 Å². The highest BCUT2D eigenvalue weighted by molar-refractivity contribution is 6.37. The number of nitrogens with two attached hydrogens (primary N) is 1. The van der Waals surface area contributed by atoms with Crippen molar-refractivity contribution in [2.24, 2.45) is 5.73 Å². The van der Waals surface area contributed by atoms with Crippen LogP contribution in [0.5, 0.6) is 0 Å². The summed E-state index contributed by atoms with van der Waals surface area (Å²) in [6.07, 6.45) is 1.28. The van der Waals surface area contributed by atoms with Crippen molar-refractivity contribution >= 4 is 35.0 Å². The Hall–Kier alpha value is -1.40. The van der Waals surface area contributed by atoms with Crippen molar-refractivity contribution in [1.82, 2.24) is 9.97 Å². The molecule has 16 heavy (non-hydrogen) atoms. The fraction of sp³-hybridized carbons (Fsp3) is 0.250. The van der Waals surface area contributed by atoms with Crippen LogP contribution in [0, 0.1) is 5.41 Å². The average molecular weight is 263 g/mol. The molecule has 0 saturated carbocycles. The Labute approximate surface area is 101 Å². The highest BCUT2D eigenvalue weighted by Gasteiger charge is 2.18. The number of rotatable bonds is 4. The molecule has 3 N–H and O–H groups in total. The van der Waals surface area contributed by atoms with Crippen LogP contribution >= 0.6 is 23.2 Å². The van der Waals surface area contributed by atoms with Crippen molar-refractivity contribution in [3.63, 3.8) is 0 Å². The minimum absolute atomic E-state index is 0.0181. The molecule has 0 unspecified atom stereocenters. The fourth-order valence-corrected chi connectivity index (χ4v) is 1.31. The number of ether oxygens (including phenoxy) is 1. The molecule has 0 aliphatic carbocycles. The smallest absolute Gasteiger partial charge is 0.344 e. The number of halogens is 2. The summed E-state index contributed by atoms with van der Waals surface area (Å²) in [5.74, 6) is -0.814. The van der Waals surface area contributed by atoms with E-state index >= 15 is 0 Å². The van der Waals surface area contributed by atoms with E-state index in [2.05, 4.69) is 9.97 Å². The quantitative estimate of drug-likeness (QED) is 0.368. The standard InChI is InChI=1S/C8H8Cl2N4O2/c9-6-5(7(10)14-3-13-6)8(15)16-2-1-4(11)12/h3H,1-2H2,(H3,11,12). The number of nitrogens with zero attached hydrogens (tertiary/aromatic N) is 2. The summed E-state index contributed by atoms with van der Waals surface area (Å²) in [5.41, 5.74) is 5.00. The highest BCUT2D eigenvalue weighted by atomic mass is 35.5. The third-order valence-electron chi connectivity index (χ3n) is 1.56. The number of hydrogen-bond acceptors (Lipinski definition) is 5. The SMILES string of the molecule is N=C(N)CCOC(=O)c1c(Cl)ncnc1Cl. The van der Waals surface area contributed by atoms with Gasteiger partial charge < -0.3 is 10.5 Å². The molecule has 0 aromatic carbocycles. The largest absolute Gasteiger partial charge is 0.461 e. The first-order valence-electron chi connectivity index (χ1n) is 4.18. The maximum atomic E-state index is 11.5. The molecule has 0 saturated heterocycles. The van der Waals surface area contributed by atoms with Gasteiger partial charge in [-0.25, -0.2) is 14.8 Å². The van der Waals surface area contributed by atoms with E-state index in [0.717, 1.165) is 6.33 Å². The lowest BCUT2D eigenvalue weighted by Crippen LogP contribution is -2.16. The third kappa shape index (κ3) is 3.32. The zero-order chi connectivity index (χ0) is 12.1. The van der Waals surface area contributed by atoms with Gasteiger partial charge in [-0.15, -0.1) is 0 Å². The van der Waals surface area contributed by atoms with Gasteiger partial charge in [-0.2, -0.15) is 0 Å². The fourth-order valence-electron chi connectivity index (χ4n) is 0.839. The van der Waals surface area contributed by atoms with E-state index in [4.69, 9.17) is 39.1 Å². The van der Waals surface area contributed by atoms with Crippen LogP contribution in [0.15, 0.2) is 6.33 Å². The molecule has 6 nitrogen and oxygen atoms in total. The zero-order valence-corrected chi connectivity index (χ0v) is 9.55.